The number of fused-ring (bicyclic) bond motifs is 1. The molecule has 2 aromatic carbocycles. The number of aromatic nitrogens is 3. The standard InChI is InChI=1S/C25H23F3N6O4S/c26-25(27,28)38-20-15-18(24(35)34-13-11-33(12-14-34)16-22-29-9-10-30-22)6-7-19(20)32-39(36,37)21-5-1-3-17-4-2-8-31-23(17)21/h1-10,15,32H,11-14,16H2,(H,29,30). The number of hydrogen-bond donors (Lipinski definition) is 2. The van der Waals surface area contributed by atoms with Crippen LogP contribution < -0.4 is 9.46 Å². The van der Waals surface area contributed by atoms with Crippen LogP contribution in [0, 0.1) is 0 Å². The van der Waals surface area contributed by atoms with Crippen LogP contribution in [0.5, 0.6) is 5.75 Å². The number of carbonyl (C=O) groups is 1. The van der Waals surface area contributed by atoms with Crippen molar-refractivity contribution in [3.63, 3.8) is 0 Å². The zero-order valence-corrected chi connectivity index (χ0v) is 21.2. The van der Waals surface area contributed by atoms with Crippen LogP contribution in [0.4, 0.5) is 18.9 Å². The van der Waals surface area contributed by atoms with E-state index in [0.29, 0.717) is 38.1 Å². The van der Waals surface area contributed by atoms with Gasteiger partial charge < -0.3 is 14.6 Å². The molecular weight excluding hydrogens is 537 g/mol. The van der Waals surface area contributed by atoms with Gasteiger partial charge in [0, 0.05) is 55.7 Å². The number of halogens is 3. The van der Waals surface area contributed by atoms with Gasteiger partial charge in [0.05, 0.1) is 17.7 Å². The van der Waals surface area contributed by atoms with Gasteiger partial charge in [-0.1, -0.05) is 18.2 Å². The Hall–Kier alpha value is -4.17. The van der Waals surface area contributed by atoms with E-state index < -0.39 is 33.7 Å². The summed E-state index contributed by atoms with van der Waals surface area (Å²) in [5.74, 6) is -0.546. The van der Waals surface area contributed by atoms with E-state index in [1.54, 1.807) is 30.6 Å². The lowest BCUT2D eigenvalue weighted by atomic mass is 10.1. The summed E-state index contributed by atoms with van der Waals surface area (Å²) < 4.78 is 72.4. The van der Waals surface area contributed by atoms with Crippen molar-refractivity contribution >= 4 is 32.5 Å². The number of amides is 1. The van der Waals surface area contributed by atoms with Crippen LogP contribution in [0.15, 0.2) is 72.0 Å². The number of sulfonamides is 1. The van der Waals surface area contributed by atoms with E-state index in [1.807, 2.05) is 0 Å². The molecule has 1 fully saturated rings. The number of hydrogen-bond acceptors (Lipinski definition) is 7. The Bertz CT molecular complexity index is 1580. The van der Waals surface area contributed by atoms with Gasteiger partial charge in [-0.3, -0.25) is 19.4 Å². The van der Waals surface area contributed by atoms with Crippen molar-refractivity contribution in [1.82, 2.24) is 24.8 Å². The molecule has 1 amide bonds. The molecular formula is C25H23F3N6O4S. The minimum atomic E-state index is -5.12. The van der Waals surface area contributed by atoms with E-state index in [1.165, 1.54) is 29.3 Å². The van der Waals surface area contributed by atoms with Crippen molar-refractivity contribution in [2.24, 2.45) is 0 Å². The molecule has 2 aromatic heterocycles. The van der Waals surface area contributed by atoms with Crippen molar-refractivity contribution < 1.29 is 31.1 Å². The fourth-order valence-electron chi connectivity index (χ4n) is 4.33. The molecule has 1 aliphatic rings. The average Bonchev–Trinajstić information content (AvgIpc) is 3.41. The average molecular weight is 561 g/mol. The number of carbonyl (C=O) groups excluding carboxylic acids is 1. The van der Waals surface area contributed by atoms with Gasteiger partial charge >= 0.3 is 6.36 Å². The van der Waals surface area contributed by atoms with E-state index >= 15 is 0 Å². The SMILES string of the molecule is O=C(c1ccc(NS(=O)(=O)c2cccc3cccnc23)c(OC(F)(F)F)c1)N1CCN(Cc2ncc[nH]2)CC1. The van der Waals surface area contributed by atoms with Gasteiger partial charge in [0.25, 0.3) is 15.9 Å². The molecule has 1 saturated heterocycles. The Labute approximate surface area is 221 Å². The lowest BCUT2D eigenvalue weighted by Gasteiger charge is -2.34. The van der Waals surface area contributed by atoms with Crippen molar-refractivity contribution in [2.45, 2.75) is 17.8 Å². The molecule has 5 rings (SSSR count). The number of H-pyrrole nitrogens is 1. The molecule has 3 heterocycles. The molecule has 0 atom stereocenters. The number of rotatable bonds is 7. The van der Waals surface area contributed by atoms with E-state index in [2.05, 4.69) is 29.3 Å². The Morgan fingerprint density at radius 1 is 1.03 bits per heavy atom. The van der Waals surface area contributed by atoms with E-state index in [9.17, 15) is 26.4 Å². The number of aromatic amines is 1. The Morgan fingerprint density at radius 2 is 1.79 bits per heavy atom. The number of benzene rings is 2. The molecule has 4 aromatic rings. The van der Waals surface area contributed by atoms with Crippen molar-refractivity contribution in [3.8, 4) is 5.75 Å². The van der Waals surface area contributed by atoms with E-state index in [-0.39, 0.29) is 16.0 Å². The Morgan fingerprint density at radius 3 is 2.51 bits per heavy atom. The number of ether oxygens (including phenoxy) is 1. The lowest BCUT2D eigenvalue weighted by Crippen LogP contribution is -2.48. The highest BCUT2D eigenvalue weighted by Gasteiger charge is 2.34. The molecule has 39 heavy (non-hydrogen) atoms. The zero-order chi connectivity index (χ0) is 27.6. The number of anilines is 1. The smallest absolute Gasteiger partial charge is 0.404 e. The van der Waals surface area contributed by atoms with Gasteiger partial charge in [-0.15, -0.1) is 13.2 Å². The van der Waals surface area contributed by atoms with Crippen LogP contribution in [0.25, 0.3) is 10.9 Å². The highest BCUT2D eigenvalue weighted by Crippen LogP contribution is 2.34. The number of pyridine rings is 1. The normalized spacial score (nSPS) is 14.9. The number of alkyl halides is 3. The molecule has 1 aliphatic heterocycles. The molecule has 204 valence electrons. The summed E-state index contributed by atoms with van der Waals surface area (Å²) >= 11 is 0. The minimum absolute atomic E-state index is 0.0662. The van der Waals surface area contributed by atoms with E-state index in [4.69, 9.17) is 0 Å². The van der Waals surface area contributed by atoms with Gasteiger partial charge in [0.15, 0.2) is 5.75 Å². The molecule has 0 saturated carbocycles. The van der Waals surface area contributed by atoms with Gasteiger partial charge in [0.2, 0.25) is 0 Å². The summed E-state index contributed by atoms with van der Waals surface area (Å²) in [5, 5.41) is 0.539. The van der Waals surface area contributed by atoms with Crippen LogP contribution in [-0.4, -0.2) is 71.6 Å². The second-order valence-electron chi connectivity index (χ2n) is 8.80. The maximum absolute atomic E-state index is 13.3. The van der Waals surface area contributed by atoms with Gasteiger partial charge in [-0.25, -0.2) is 13.4 Å². The number of para-hydroxylation sites is 1. The Balaban J connectivity index is 1.37. The molecule has 0 spiro atoms. The number of nitrogens with zero attached hydrogens (tertiary/aromatic N) is 4. The van der Waals surface area contributed by atoms with Gasteiger partial charge in [0.1, 0.15) is 10.7 Å². The van der Waals surface area contributed by atoms with Crippen LogP contribution in [0.1, 0.15) is 16.2 Å². The largest absolute Gasteiger partial charge is 0.573 e. The van der Waals surface area contributed by atoms with Gasteiger partial charge in [-0.05, 0) is 30.3 Å². The predicted octanol–water partition coefficient (Wildman–Crippen LogP) is 3.62. The molecule has 10 nitrogen and oxygen atoms in total. The van der Waals surface area contributed by atoms with Crippen molar-refractivity contribution in [2.75, 3.05) is 30.9 Å². The van der Waals surface area contributed by atoms with Gasteiger partial charge in [-0.2, -0.15) is 0 Å². The number of piperazine rings is 1. The fourth-order valence-corrected chi connectivity index (χ4v) is 5.58. The van der Waals surface area contributed by atoms with Crippen LogP contribution in [0.2, 0.25) is 0 Å². The summed E-state index contributed by atoms with van der Waals surface area (Å²) in [7, 11) is -4.37. The third-order valence-electron chi connectivity index (χ3n) is 6.17. The quantitative estimate of drug-likeness (QED) is 0.354. The molecule has 0 unspecified atom stereocenters. The highest BCUT2D eigenvalue weighted by molar-refractivity contribution is 7.93. The molecule has 2 N–H and O–H groups in total. The topological polar surface area (TPSA) is 121 Å². The maximum Gasteiger partial charge on any atom is 0.573 e. The van der Waals surface area contributed by atoms with Crippen LogP contribution >= 0.6 is 0 Å². The third kappa shape index (κ3) is 6.12. The van der Waals surface area contributed by atoms with Crippen LogP contribution in [0.3, 0.4) is 0 Å². The predicted molar refractivity (Wildman–Crippen MR) is 135 cm³/mol. The van der Waals surface area contributed by atoms with E-state index in [0.717, 1.165) is 18.0 Å². The maximum atomic E-state index is 13.3. The number of imidazole rings is 1. The lowest BCUT2D eigenvalue weighted by molar-refractivity contribution is -0.274. The fraction of sp³-hybridized carbons (Fsp3) is 0.240. The summed E-state index contributed by atoms with van der Waals surface area (Å²) in [6, 6.07) is 11.0. The first-order chi connectivity index (χ1) is 18.6. The first kappa shape index (κ1) is 26.4. The zero-order valence-electron chi connectivity index (χ0n) is 20.4. The van der Waals surface area contributed by atoms with Crippen LogP contribution in [-0.2, 0) is 16.6 Å². The second kappa shape index (κ2) is 10.5. The number of nitrogens with one attached hydrogen (secondary N) is 2. The first-order valence-corrected chi connectivity index (χ1v) is 13.3. The third-order valence-corrected chi connectivity index (χ3v) is 7.57. The monoisotopic (exact) mass is 560 g/mol. The molecule has 0 radical (unpaired) electrons. The Kier molecular flexibility index (Phi) is 7.14. The molecule has 0 aliphatic carbocycles. The second-order valence-corrected chi connectivity index (χ2v) is 10.5. The molecule has 14 heteroatoms. The molecule has 0 bridgehead atoms. The van der Waals surface area contributed by atoms with Crippen molar-refractivity contribution in [3.05, 3.63) is 78.5 Å². The summed E-state index contributed by atoms with van der Waals surface area (Å²) in [4.78, 5) is 27.8. The highest BCUT2D eigenvalue weighted by atomic mass is 32.2. The minimum Gasteiger partial charge on any atom is -0.404 e. The summed E-state index contributed by atoms with van der Waals surface area (Å²) in [5.41, 5.74) is -0.382. The summed E-state index contributed by atoms with van der Waals surface area (Å²) in [6.07, 6.45) is -0.339. The summed E-state index contributed by atoms with van der Waals surface area (Å²) in [6.45, 7) is 2.40. The van der Waals surface area contributed by atoms with Crippen molar-refractivity contribution in [1.29, 1.82) is 0 Å². The first-order valence-electron chi connectivity index (χ1n) is 11.9.